The molecule has 0 saturated heterocycles. The Labute approximate surface area is 187 Å². The van der Waals surface area contributed by atoms with Crippen LogP contribution in [0.1, 0.15) is 49.0 Å². The number of aliphatic imine (C=N–C) groups is 1. The molecule has 0 radical (unpaired) electrons. The zero-order valence-electron chi connectivity index (χ0n) is 18.0. The van der Waals surface area contributed by atoms with E-state index in [-0.39, 0.29) is 34.5 Å². The van der Waals surface area contributed by atoms with Crippen molar-refractivity contribution in [1.29, 1.82) is 0 Å². The molecule has 1 unspecified atom stereocenters. The van der Waals surface area contributed by atoms with E-state index < -0.39 is 16.1 Å². The fourth-order valence-electron chi connectivity index (χ4n) is 3.51. The highest BCUT2D eigenvalue weighted by Crippen LogP contribution is 2.24. The quantitative estimate of drug-likeness (QED) is 0.596. The molecule has 1 atom stereocenters. The number of amides is 2. The van der Waals surface area contributed by atoms with Gasteiger partial charge >= 0.3 is 0 Å². The Morgan fingerprint density at radius 3 is 2.59 bits per heavy atom. The summed E-state index contributed by atoms with van der Waals surface area (Å²) in [6.45, 7) is 3.94. The first kappa shape index (κ1) is 22.0. The van der Waals surface area contributed by atoms with Crippen LogP contribution >= 0.6 is 0 Å². The number of carbonyl (C=O) groups is 2. The molecule has 32 heavy (non-hydrogen) atoms. The van der Waals surface area contributed by atoms with Crippen LogP contribution < -0.4 is 15.4 Å². The van der Waals surface area contributed by atoms with E-state index in [1.807, 2.05) is 13.8 Å². The smallest absolute Gasteiger partial charge is 0.263 e. The van der Waals surface area contributed by atoms with E-state index in [4.69, 9.17) is 0 Å². The summed E-state index contributed by atoms with van der Waals surface area (Å²) in [6, 6.07) is 12.7. The minimum atomic E-state index is -3.69. The molecule has 2 aromatic carbocycles. The van der Waals surface area contributed by atoms with Crippen LogP contribution in [-0.2, 0) is 14.8 Å². The molecule has 1 aliphatic carbocycles. The number of anilines is 1. The van der Waals surface area contributed by atoms with Gasteiger partial charge in [-0.2, -0.15) is 0 Å². The number of carbonyl (C=O) groups excluding carboxylic acids is 2. The van der Waals surface area contributed by atoms with Crippen molar-refractivity contribution in [3.05, 3.63) is 59.7 Å². The number of benzene rings is 2. The van der Waals surface area contributed by atoms with Crippen LogP contribution in [0.5, 0.6) is 0 Å². The molecule has 1 aliphatic heterocycles. The Kier molecular flexibility index (Phi) is 6.01. The summed E-state index contributed by atoms with van der Waals surface area (Å²) in [5.41, 5.74) is 1.41. The first-order valence-corrected chi connectivity index (χ1v) is 12.1. The average molecular weight is 455 g/mol. The Hall–Kier alpha value is -3.20. The summed E-state index contributed by atoms with van der Waals surface area (Å²) in [4.78, 5) is 30.0. The van der Waals surface area contributed by atoms with E-state index in [0.29, 0.717) is 23.2 Å². The van der Waals surface area contributed by atoms with Gasteiger partial charge in [-0.05, 0) is 55.5 Å². The molecule has 0 aromatic heterocycles. The lowest BCUT2D eigenvalue weighted by molar-refractivity contribution is -0.117. The first-order chi connectivity index (χ1) is 15.2. The van der Waals surface area contributed by atoms with Crippen molar-refractivity contribution in [2.45, 2.75) is 50.1 Å². The highest BCUT2D eigenvalue weighted by atomic mass is 32.2. The van der Waals surface area contributed by atoms with Crippen LogP contribution in [0.2, 0.25) is 0 Å². The lowest BCUT2D eigenvalue weighted by Gasteiger charge is -2.16. The Balaban J connectivity index is 1.56. The lowest BCUT2D eigenvalue weighted by Crippen LogP contribution is -2.32. The van der Waals surface area contributed by atoms with Crippen molar-refractivity contribution in [1.82, 2.24) is 10.0 Å². The molecular weight excluding hydrogens is 428 g/mol. The fraction of sp³-hybridized carbons (Fsp3) is 0.348. The van der Waals surface area contributed by atoms with Gasteiger partial charge in [0.05, 0.1) is 4.90 Å². The number of sulfonamides is 1. The van der Waals surface area contributed by atoms with Gasteiger partial charge in [-0.3, -0.25) is 19.3 Å². The zero-order valence-corrected chi connectivity index (χ0v) is 18.8. The number of amidine groups is 1. The number of fused-ring (bicyclic) bond motifs is 1. The van der Waals surface area contributed by atoms with E-state index in [1.165, 1.54) is 6.07 Å². The molecule has 0 bridgehead atoms. The van der Waals surface area contributed by atoms with Gasteiger partial charge in [-0.15, -0.1) is 0 Å². The zero-order chi connectivity index (χ0) is 22.9. The molecule has 168 valence electrons. The third-order valence-electron chi connectivity index (χ3n) is 5.25. The topological polar surface area (TPSA) is 117 Å². The highest BCUT2D eigenvalue weighted by molar-refractivity contribution is 7.90. The Morgan fingerprint density at radius 1 is 1.12 bits per heavy atom. The van der Waals surface area contributed by atoms with Gasteiger partial charge in [0.1, 0.15) is 11.9 Å². The summed E-state index contributed by atoms with van der Waals surface area (Å²) in [5.74, 6) is -0.216. The average Bonchev–Trinajstić information content (AvgIpc) is 3.52. The maximum atomic E-state index is 13.1. The molecule has 1 fully saturated rings. The third kappa shape index (κ3) is 4.99. The summed E-state index contributed by atoms with van der Waals surface area (Å²) in [7, 11) is -3.69. The lowest BCUT2D eigenvalue weighted by atomic mass is 10.0. The van der Waals surface area contributed by atoms with E-state index in [2.05, 4.69) is 20.3 Å². The molecule has 2 aliphatic rings. The van der Waals surface area contributed by atoms with Crippen LogP contribution in [0.25, 0.3) is 0 Å². The van der Waals surface area contributed by atoms with Crippen LogP contribution in [0.4, 0.5) is 5.69 Å². The molecule has 1 saturated carbocycles. The number of hydrogen-bond donors (Lipinski definition) is 3. The SMILES string of the molecule is CC(C)CC(N=C1NS(=O)(=O)c2ccccc21)C(=O)Nc1cccc(C(=O)NC2CC2)c1. The number of nitrogens with one attached hydrogen (secondary N) is 3. The molecule has 0 spiro atoms. The van der Waals surface area contributed by atoms with Crippen molar-refractivity contribution in [2.24, 2.45) is 10.9 Å². The van der Waals surface area contributed by atoms with Crippen LogP contribution in [0, 0.1) is 5.92 Å². The van der Waals surface area contributed by atoms with Crippen molar-refractivity contribution in [3.63, 3.8) is 0 Å². The maximum Gasteiger partial charge on any atom is 0.263 e. The van der Waals surface area contributed by atoms with Crippen molar-refractivity contribution in [3.8, 4) is 0 Å². The van der Waals surface area contributed by atoms with Crippen molar-refractivity contribution in [2.75, 3.05) is 5.32 Å². The minimum Gasteiger partial charge on any atom is -0.349 e. The first-order valence-electron chi connectivity index (χ1n) is 10.6. The molecule has 3 N–H and O–H groups in total. The van der Waals surface area contributed by atoms with E-state index in [1.54, 1.807) is 42.5 Å². The number of rotatable bonds is 7. The Bertz CT molecular complexity index is 1190. The second kappa shape index (κ2) is 8.74. The Morgan fingerprint density at radius 2 is 1.88 bits per heavy atom. The molecule has 8 nitrogen and oxygen atoms in total. The molecule has 2 aromatic rings. The number of nitrogens with zero attached hydrogens (tertiary/aromatic N) is 1. The van der Waals surface area contributed by atoms with Gasteiger partial charge in [0.25, 0.3) is 15.9 Å². The minimum absolute atomic E-state index is 0.150. The van der Waals surface area contributed by atoms with E-state index >= 15 is 0 Å². The summed E-state index contributed by atoms with van der Waals surface area (Å²) < 4.78 is 27.2. The van der Waals surface area contributed by atoms with Crippen LogP contribution in [0.3, 0.4) is 0 Å². The normalized spacial score (nSPS) is 18.7. The molecule has 9 heteroatoms. The standard InChI is InChI=1S/C23H26N4O4S/c1-14(2)12-19(26-21-18-8-3-4-9-20(18)32(30,31)27-21)23(29)25-17-7-5-6-15(13-17)22(28)24-16-10-11-16/h3-9,13-14,16,19H,10-12H2,1-2H3,(H,24,28)(H,25,29)(H,26,27). The van der Waals surface area contributed by atoms with E-state index in [0.717, 1.165) is 12.8 Å². The molecule has 4 rings (SSSR count). The van der Waals surface area contributed by atoms with Gasteiger partial charge in [0.2, 0.25) is 5.91 Å². The van der Waals surface area contributed by atoms with Gasteiger partial charge in [0, 0.05) is 22.9 Å². The van der Waals surface area contributed by atoms with Gasteiger partial charge in [-0.1, -0.05) is 32.0 Å². The monoisotopic (exact) mass is 454 g/mol. The molecule has 2 amide bonds. The molecule has 1 heterocycles. The second-order valence-corrected chi connectivity index (χ2v) is 10.2. The predicted molar refractivity (Wildman–Crippen MR) is 122 cm³/mol. The van der Waals surface area contributed by atoms with E-state index in [9.17, 15) is 18.0 Å². The third-order valence-corrected chi connectivity index (χ3v) is 6.65. The number of hydrogen-bond acceptors (Lipinski definition) is 5. The fourth-order valence-corrected chi connectivity index (χ4v) is 4.75. The van der Waals surface area contributed by atoms with Crippen LogP contribution in [-0.4, -0.2) is 38.2 Å². The second-order valence-electron chi connectivity index (χ2n) is 8.54. The van der Waals surface area contributed by atoms with Crippen molar-refractivity contribution < 1.29 is 18.0 Å². The predicted octanol–water partition coefficient (Wildman–Crippen LogP) is 2.67. The van der Waals surface area contributed by atoms with Crippen LogP contribution in [0.15, 0.2) is 58.4 Å². The van der Waals surface area contributed by atoms with Crippen molar-refractivity contribution >= 4 is 33.4 Å². The maximum absolute atomic E-state index is 13.1. The largest absolute Gasteiger partial charge is 0.349 e. The molecular formula is C23H26N4O4S. The summed E-state index contributed by atoms with van der Waals surface area (Å²) in [6.07, 6.45) is 2.42. The van der Waals surface area contributed by atoms with Gasteiger partial charge in [0.15, 0.2) is 0 Å². The summed E-state index contributed by atoms with van der Waals surface area (Å²) in [5, 5.41) is 5.75. The summed E-state index contributed by atoms with van der Waals surface area (Å²) >= 11 is 0. The highest BCUT2D eigenvalue weighted by Gasteiger charge is 2.32. The van der Waals surface area contributed by atoms with Gasteiger partial charge < -0.3 is 10.6 Å². The van der Waals surface area contributed by atoms with Gasteiger partial charge in [-0.25, -0.2) is 8.42 Å².